The average molecular weight is 272 g/mol. The van der Waals surface area contributed by atoms with Gasteiger partial charge in [0, 0.05) is 13.2 Å². The van der Waals surface area contributed by atoms with Gasteiger partial charge in [-0.25, -0.2) is 0 Å². The molecule has 3 nitrogen and oxygen atoms in total. The largest absolute Gasteiger partial charge is 0.388 e. The number of nitrogens with zero attached hydrogens (tertiary/aromatic N) is 2. The molecule has 0 radical (unpaired) electrons. The minimum atomic E-state index is -0.400. The van der Waals surface area contributed by atoms with Crippen molar-refractivity contribution in [3.05, 3.63) is 53.3 Å². The van der Waals surface area contributed by atoms with E-state index in [4.69, 9.17) is 0 Å². The molecule has 0 saturated heterocycles. The number of rotatable bonds is 6. The van der Waals surface area contributed by atoms with E-state index in [-0.39, 0.29) is 0 Å². The molecule has 1 N–H and O–H groups in total. The van der Waals surface area contributed by atoms with Crippen LogP contribution in [0.3, 0.4) is 0 Å². The third kappa shape index (κ3) is 4.20. The highest BCUT2D eigenvalue weighted by molar-refractivity contribution is 5.24. The van der Waals surface area contributed by atoms with Gasteiger partial charge in [0.05, 0.1) is 12.3 Å². The van der Waals surface area contributed by atoms with Crippen LogP contribution in [0.1, 0.15) is 43.1 Å². The number of hydrogen-bond acceptors (Lipinski definition) is 2. The molecule has 1 heterocycles. The minimum Gasteiger partial charge on any atom is -0.388 e. The van der Waals surface area contributed by atoms with Gasteiger partial charge in [0.2, 0.25) is 0 Å². The van der Waals surface area contributed by atoms with Gasteiger partial charge in [-0.15, -0.1) is 0 Å². The predicted octanol–water partition coefficient (Wildman–Crippen LogP) is 3.28. The Balaban J connectivity index is 1.90. The molecular weight excluding hydrogens is 248 g/mol. The first-order valence-electron chi connectivity index (χ1n) is 7.29. The van der Waals surface area contributed by atoms with Crippen LogP contribution in [0.2, 0.25) is 0 Å². The van der Waals surface area contributed by atoms with Crippen LogP contribution in [-0.4, -0.2) is 14.9 Å². The lowest BCUT2D eigenvalue weighted by molar-refractivity contribution is 0.168. The zero-order valence-electron chi connectivity index (χ0n) is 12.6. The van der Waals surface area contributed by atoms with Crippen molar-refractivity contribution in [2.24, 2.45) is 13.0 Å². The summed E-state index contributed by atoms with van der Waals surface area (Å²) in [6.45, 7) is 4.44. The van der Waals surface area contributed by atoms with E-state index in [1.54, 1.807) is 4.68 Å². The Kier molecular flexibility index (Phi) is 4.96. The van der Waals surface area contributed by atoms with Crippen molar-refractivity contribution in [3.8, 4) is 0 Å². The lowest BCUT2D eigenvalue weighted by Gasteiger charge is -2.12. The topological polar surface area (TPSA) is 38.1 Å². The smallest absolute Gasteiger partial charge is 0.0793 e. The number of benzene rings is 1. The Morgan fingerprint density at radius 3 is 2.40 bits per heavy atom. The van der Waals surface area contributed by atoms with E-state index in [2.05, 4.69) is 31.1 Å². The quantitative estimate of drug-likeness (QED) is 0.876. The maximum Gasteiger partial charge on any atom is 0.0793 e. The third-order valence-electron chi connectivity index (χ3n) is 3.47. The van der Waals surface area contributed by atoms with Crippen LogP contribution in [0.25, 0.3) is 0 Å². The molecule has 0 spiro atoms. The number of hydrogen-bond donors (Lipinski definition) is 1. The molecule has 0 fully saturated rings. The van der Waals surface area contributed by atoms with Gasteiger partial charge in [0.15, 0.2) is 0 Å². The minimum absolute atomic E-state index is 0.400. The molecule has 20 heavy (non-hydrogen) atoms. The number of aliphatic hydroxyl groups excluding tert-OH is 1. The second kappa shape index (κ2) is 6.71. The Labute approximate surface area is 121 Å². The monoisotopic (exact) mass is 272 g/mol. The second-order valence-electron chi connectivity index (χ2n) is 5.92. The molecule has 1 aromatic heterocycles. The summed E-state index contributed by atoms with van der Waals surface area (Å²) in [6, 6.07) is 8.35. The van der Waals surface area contributed by atoms with E-state index in [1.165, 1.54) is 11.1 Å². The maximum atomic E-state index is 10.2. The van der Waals surface area contributed by atoms with E-state index < -0.39 is 6.10 Å². The lowest BCUT2D eigenvalue weighted by atomic mass is 9.98. The molecular formula is C17H24N2O. The van der Waals surface area contributed by atoms with Crippen molar-refractivity contribution in [1.82, 2.24) is 9.78 Å². The Morgan fingerprint density at radius 2 is 1.85 bits per heavy atom. The maximum absolute atomic E-state index is 10.2. The molecule has 0 amide bonds. The van der Waals surface area contributed by atoms with Crippen molar-refractivity contribution >= 4 is 0 Å². The van der Waals surface area contributed by atoms with Gasteiger partial charge in [-0.2, -0.15) is 5.10 Å². The zero-order valence-corrected chi connectivity index (χ0v) is 12.6. The first-order chi connectivity index (χ1) is 9.54. The fourth-order valence-electron chi connectivity index (χ4n) is 2.42. The number of aryl methyl sites for hydroxylation is 2. The predicted molar refractivity (Wildman–Crippen MR) is 81.5 cm³/mol. The van der Waals surface area contributed by atoms with E-state index in [1.807, 2.05) is 31.6 Å². The molecule has 0 aliphatic rings. The molecule has 1 unspecified atom stereocenters. The highest BCUT2D eigenvalue weighted by Crippen LogP contribution is 2.20. The molecule has 108 valence electrons. The molecule has 1 atom stereocenters. The van der Waals surface area contributed by atoms with Gasteiger partial charge in [0.1, 0.15) is 0 Å². The molecule has 2 aromatic rings. The van der Waals surface area contributed by atoms with Crippen molar-refractivity contribution in [3.63, 3.8) is 0 Å². The van der Waals surface area contributed by atoms with Crippen LogP contribution in [-0.2, 0) is 19.9 Å². The van der Waals surface area contributed by atoms with Gasteiger partial charge in [-0.3, -0.25) is 4.68 Å². The summed E-state index contributed by atoms with van der Waals surface area (Å²) in [7, 11) is 1.91. The van der Waals surface area contributed by atoms with E-state index >= 15 is 0 Å². The first-order valence-corrected chi connectivity index (χ1v) is 7.29. The molecule has 0 aliphatic carbocycles. The van der Waals surface area contributed by atoms with Crippen LogP contribution >= 0.6 is 0 Å². The number of aromatic nitrogens is 2. The Hall–Kier alpha value is -1.61. The molecule has 0 bridgehead atoms. The standard InChI is InChI=1S/C17H24N2O/c1-13(2)10-14-4-7-16(8-5-14)17(20)9-6-15-11-18-19(3)12-15/h4-5,7-8,11-13,17,20H,6,9-10H2,1-3H3. The molecule has 0 aliphatic heterocycles. The van der Waals surface area contributed by atoms with Crippen LogP contribution < -0.4 is 0 Å². The van der Waals surface area contributed by atoms with Gasteiger partial charge < -0.3 is 5.11 Å². The molecule has 0 saturated carbocycles. The van der Waals surface area contributed by atoms with E-state index in [0.717, 1.165) is 24.8 Å². The normalized spacial score (nSPS) is 12.8. The summed E-state index contributed by atoms with van der Waals surface area (Å²) in [5, 5.41) is 14.4. The van der Waals surface area contributed by atoms with Crippen molar-refractivity contribution in [1.29, 1.82) is 0 Å². The summed E-state index contributed by atoms with van der Waals surface area (Å²) < 4.78 is 1.79. The van der Waals surface area contributed by atoms with Crippen molar-refractivity contribution in [2.45, 2.75) is 39.2 Å². The van der Waals surface area contributed by atoms with Crippen LogP contribution in [0.4, 0.5) is 0 Å². The summed E-state index contributed by atoms with van der Waals surface area (Å²) in [5.41, 5.74) is 3.51. The fourth-order valence-corrected chi connectivity index (χ4v) is 2.42. The summed E-state index contributed by atoms with van der Waals surface area (Å²) in [4.78, 5) is 0. The van der Waals surface area contributed by atoms with Crippen molar-refractivity contribution < 1.29 is 5.11 Å². The highest BCUT2D eigenvalue weighted by atomic mass is 16.3. The Morgan fingerprint density at radius 1 is 1.15 bits per heavy atom. The van der Waals surface area contributed by atoms with Gasteiger partial charge in [-0.05, 0) is 41.9 Å². The van der Waals surface area contributed by atoms with Crippen LogP contribution in [0.15, 0.2) is 36.7 Å². The van der Waals surface area contributed by atoms with Gasteiger partial charge in [-0.1, -0.05) is 38.1 Å². The number of aliphatic hydroxyl groups is 1. The van der Waals surface area contributed by atoms with Gasteiger partial charge >= 0.3 is 0 Å². The summed E-state index contributed by atoms with van der Waals surface area (Å²) in [5.74, 6) is 0.663. The second-order valence-corrected chi connectivity index (χ2v) is 5.92. The fraction of sp³-hybridized carbons (Fsp3) is 0.471. The molecule has 1 aromatic carbocycles. The Bertz CT molecular complexity index is 528. The zero-order chi connectivity index (χ0) is 14.5. The van der Waals surface area contributed by atoms with Crippen molar-refractivity contribution in [2.75, 3.05) is 0 Å². The van der Waals surface area contributed by atoms with Crippen LogP contribution in [0.5, 0.6) is 0 Å². The molecule has 3 heteroatoms. The summed E-state index contributed by atoms with van der Waals surface area (Å²) >= 11 is 0. The van der Waals surface area contributed by atoms with Crippen LogP contribution in [0, 0.1) is 5.92 Å². The lowest BCUT2D eigenvalue weighted by Crippen LogP contribution is -2.00. The first kappa shape index (κ1) is 14.8. The highest BCUT2D eigenvalue weighted by Gasteiger charge is 2.09. The third-order valence-corrected chi connectivity index (χ3v) is 3.47. The molecule has 2 rings (SSSR count). The van der Waals surface area contributed by atoms with E-state index in [0.29, 0.717) is 5.92 Å². The summed E-state index contributed by atoms with van der Waals surface area (Å²) in [6.07, 6.45) is 6.13. The van der Waals surface area contributed by atoms with Gasteiger partial charge in [0.25, 0.3) is 0 Å². The van der Waals surface area contributed by atoms with E-state index in [9.17, 15) is 5.11 Å². The SMILES string of the molecule is CC(C)Cc1ccc(C(O)CCc2cnn(C)c2)cc1. The average Bonchev–Trinajstić information content (AvgIpc) is 2.82.